The van der Waals surface area contributed by atoms with E-state index in [9.17, 15) is 0 Å². The molecule has 9 heavy (non-hydrogen) atoms. The van der Waals surface area contributed by atoms with Crippen molar-refractivity contribution in [3.05, 3.63) is 0 Å². The fraction of sp³-hybridized carbons (Fsp3) is 1.00. The van der Waals surface area contributed by atoms with E-state index in [0.717, 1.165) is 0 Å². The van der Waals surface area contributed by atoms with Crippen LogP contribution in [0, 0.1) is 0 Å². The first-order valence-corrected chi connectivity index (χ1v) is 4.89. The van der Waals surface area contributed by atoms with Crippen LogP contribution in [-0.2, 0) is 13.4 Å². The summed E-state index contributed by atoms with van der Waals surface area (Å²) in [5.74, 6) is 0. The van der Waals surface area contributed by atoms with Crippen LogP contribution in [0.25, 0.3) is 0 Å². The summed E-state index contributed by atoms with van der Waals surface area (Å²) in [6, 6.07) is 0. The van der Waals surface area contributed by atoms with Gasteiger partial charge in [-0.3, -0.25) is 0 Å². The summed E-state index contributed by atoms with van der Waals surface area (Å²) in [6.07, 6.45) is 0. The molecule has 0 aromatic heterocycles. The smallest absolute Gasteiger partial charge is 0.147 e. The van der Waals surface area contributed by atoms with Gasteiger partial charge in [-0.2, -0.15) is 9.90 Å². The average Bonchev–Trinajstić information content (AvgIpc) is 1.72. The second-order valence-electron chi connectivity index (χ2n) is 1.15. The molecule has 0 aromatic rings. The standard InChI is InChI=1S/3C2H5.ClH.Ni.H3P/c3*1-2;;;/h3*1H2,2H3;1H;;1H3. The van der Waals surface area contributed by atoms with Crippen molar-refractivity contribution < 1.29 is 13.4 Å². The van der Waals surface area contributed by atoms with E-state index in [4.69, 9.17) is 0 Å². The molecule has 0 radical (unpaired) electrons. The van der Waals surface area contributed by atoms with Gasteiger partial charge in [0.15, 0.2) is 0 Å². The quantitative estimate of drug-likeness (QED) is 0.501. The summed E-state index contributed by atoms with van der Waals surface area (Å²) in [4.78, 5) is 0. The van der Waals surface area contributed by atoms with Crippen LogP contribution in [0.15, 0.2) is 0 Å². The third-order valence-electron chi connectivity index (χ3n) is 0.949. The van der Waals surface area contributed by atoms with Gasteiger partial charge in [0.2, 0.25) is 0 Å². The average molecular weight is 216 g/mol. The summed E-state index contributed by atoms with van der Waals surface area (Å²) in [6.45, 7) is 6.84. The van der Waals surface area contributed by atoms with Crippen LogP contribution in [0.1, 0.15) is 20.8 Å². The zero-order valence-corrected chi connectivity index (χ0v) is 9.77. The van der Waals surface area contributed by atoms with E-state index >= 15 is 0 Å². The fourth-order valence-electron chi connectivity index (χ4n) is 0.474. The predicted octanol–water partition coefficient (Wildman–Crippen LogP) is 3.40. The summed E-state index contributed by atoms with van der Waals surface area (Å²) >= 11 is 0.639. The third kappa shape index (κ3) is 9.21. The van der Waals surface area contributed by atoms with Crippen molar-refractivity contribution in [3.8, 4) is 0 Å². The monoisotopic (exact) mass is 215 g/mol. The summed E-state index contributed by atoms with van der Waals surface area (Å²) in [5, 5.41) is 4.19. The van der Waals surface area contributed by atoms with E-state index in [2.05, 4.69) is 20.8 Å². The van der Waals surface area contributed by atoms with Crippen LogP contribution < -0.4 is 0 Å². The zero-order chi connectivity index (χ0) is 5.70. The first-order valence-electron chi connectivity index (χ1n) is 2.79. The maximum absolute atomic E-state index is 2.28. The van der Waals surface area contributed by atoms with Crippen molar-refractivity contribution in [1.29, 1.82) is 0 Å². The molecule has 0 aliphatic heterocycles. The molecule has 3 heteroatoms. The summed E-state index contributed by atoms with van der Waals surface area (Å²) < 4.78 is 0. The minimum Gasteiger partial charge on any atom is -0.153 e. The Bertz CT molecular complexity index is 34.5. The molecule has 0 nitrogen and oxygen atoms in total. The van der Waals surface area contributed by atoms with Gasteiger partial charge >= 0.3 is 50.4 Å². The van der Waals surface area contributed by atoms with Gasteiger partial charge in [0.1, 0.15) is 0 Å². The van der Waals surface area contributed by atoms with Crippen LogP contribution in [0.5, 0.6) is 0 Å². The topological polar surface area (TPSA) is 0 Å². The van der Waals surface area contributed by atoms with E-state index in [1.54, 1.807) is 0 Å². The molecule has 0 spiro atoms. The van der Waals surface area contributed by atoms with Crippen LogP contribution in [0.2, 0.25) is 16.2 Å². The van der Waals surface area contributed by atoms with Crippen LogP contribution in [0.3, 0.4) is 0 Å². The Morgan fingerprint density at radius 2 is 1.11 bits per heavy atom. The Labute approximate surface area is 72.8 Å². The molecule has 65 valence electrons. The van der Waals surface area contributed by atoms with E-state index in [1.165, 1.54) is 16.2 Å². The number of rotatable bonds is 3. The van der Waals surface area contributed by atoms with E-state index < -0.39 is 0 Å². The van der Waals surface area contributed by atoms with E-state index in [0.29, 0.717) is 13.4 Å². The first kappa shape index (κ1) is 16.7. The molecule has 0 fully saturated rings. The SMILES string of the molecule is C[CH2][Ni]([CH2]C)[CH2]C.Cl.P. The molecule has 1 unspecified atom stereocenters. The van der Waals surface area contributed by atoms with Gasteiger partial charge in [0.05, 0.1) is 0 Å². The van der Waals surface area contributed by atoms with Crippen molar-refractivity contribution in [1.82, 2.24) is 0 Å². The van der Waals surface area contributed by atoms with Crippen LogP contribution in [0.4, 0.5) is 0 Å². The Kier molecular flexibility index (Phi) is 22.1. The van der Waals surface area contributed by atoms with Gasteiger partial charge in [-0.25, -0.2) is 0 Å². The van der Waals surface area contributed by atoms with Gasteiger partial charge in [0.25, 0.3) is 0 Å². The molecule has 1 atom stereocenters. The van der Waals surface area contributed by atoms with Crippen LogP contribution in [-0.4, -0.2) is 0 Å². The molecule has 0 N–H and O–H groups in total. The van der Waals surface area contributed by atoms with E-state index in [1.807, 2.05) is 0 Å². The molecule has 0 saturated heterocycles. The molecular formula is C6H19ClNiP. The molecular weight excluding hydrogens is 197 g/mol. The second kappa shape index (κ2) is 11.9. The molecule has 0 saturated carbocycles. The minimum absolute atomic E-state index is 0. The number of halogens is 1. The van der Waals surface area contributed by atoms with Gasteiger partial charge < -0.3 is 0 Å². The Balaban J connectivity index is -0.000000180. The number of hydrogen-bond acceptors (Lipinski definition) is 0. The van der Waals surface area contributed by atoms with Gasteiger partial charge in [-0.1, -0.05) is 0 Å². The fourth-order valence-corrected chi connectivity index (χ4v) is 1.96. The first-order chi connectivity index (χ1) is 3.35. The van der Waals surface area contributed by atoms with Crippen molar-refractivity contribution in [2.45, 2.75) is 36.9 Å². The van der Waals surface area contributed by atoms with Gasteiger partial charge in [0, 0.05) is 0 Å². The van der Waals surface area contributed by atoms with Gasteiger partial charge in [-0.15, -0.1) is 12.4 Å². The van der Waals surface area contributed by atoms with Crippen molar-refractivity contribution in [3.63, 3.8) is 0 Å². The molecule has 0 aromatic carbocycles. The molecule has 0 aliphatic carbocycles. The normalized spacial score (nSPS) is 9.00. The molecule has 0 heterocycles. The molecule has 0 rings (SSSR count). The largest absolute Gasteiger partial charge is 0.153 e. The van der Waals surface area contributed by atoms with Crippen molar-refractivity contribution >= 4 is 22.3 Å². The summed E-state index contributed by atoms with van der Waals surface area (Å²) in [5.41, 5.74) is 0. The minimum atomic E-state index is 0. The third-order valence-corrected chi connectivity index (χ3v) is 3.91. The number of hydrogen-bond donors (Lipinski definition) is 0. The molecule has 0 amide bonds. The Morgan fingerprint density at radius 1 is 0.889 bits per heavy atom. The van der Waals surface area contributed by atoms with Crippen molar-refractivity contribution in [2.24, 2.45) is 0 Å². The van der Waals surface area contributed by atoms with Crippen molar-refractivity contribution in [2.75, 3.05) is 0 Å². The maximum atomic E-state index is 2.28. The molecule has 0 bridgehead atoms. The zero-order valence-electron chi connectivity index (χ0n) is 6.55. The maximum Gasteiger partial charge on any atom is -0.147 e. The van der Waals surface area contributed by atoms with Gasteiger partial charge in [-0.05, 0) is 0 Å². The Morgan fingerprint density at radius 3 is 1.11 bits per heavy atom. The van der Waals surface area contributed by atoms with Crippen LogP contribution >= 0.6 is 22.3 Å². The van der Waals surface area contributed by atoms with E-state index in [-0.39, 0.29) is 22.3 Å². The molecule has 0 aliphatic rings. The Hall–Kier alpha value is 1.21. The predicted molar refractivity (Wildman–Crippen MR) is 49.8 cm³/mol. The summed E-state index contributed by atoms with van der Waals surface area (Å²) in [7, 11) is 0. The second-order valence-corrected chi connectivity index (χ2v) is 4.72.